The second-order valence-electron chi connectivity index (χ2n) is 5.63. The van der Waals surface area contributed by atoms with Gasteiger partial charge in [-0.1, -0.05) is 12.1 Å². The van der Waals surface area contributed by atoms with E-state index < -0.39 is 18.0 Å². The average Bonchev–Trinajstić information content (AvgIpc) is 3.11. The number of hydrogen-bond acceptors (Lipinski definition) is 6. The molecule has 2 aromatic rings. The average molecular weight is 330 g/mol. The summed E-state index contributed by atoms with van der Waals surface area (Å²) in [5.74, 6) is -0.145. The van der Waals surface area contributed by atoms with Crippen LogP contribution in [0.3, 0.4) is 0 Å². The van der Waals surface area contributed by atoms with Crippen molar-refractivity contribution < 1.29 is 23.8 Å². The SMILES string of the molecule is CC1CC(OC(=O)c2cc3c(s2)-c2ccccc2OC3)C(=O)O1. The number of thiophene rings is 1. The zero-order valence-electron chi connectivity index (χ0n) is 12.4. The summed E-state index contributed by atoms with van der Waals surface area (Å²) in [7, 11) is 0. The topological polar surface area (TPSA) is 61.8 Å². The van der Waals surface area contributed by atoms with Crippen LogP contribution in [0, 0.1) is 0 Å². The van der Waals surface area contributed by atoms with E-state index in [2.05, 4.69) is 0 Å². The van der Waals surface area contributed by atoms with Crippen LogP contribution in [-0.2, 0) is 20.9 Å². The van der Waals surface area contributed by atoms with E-state index in [1.54, 1.807) is 13.0 Å². The predicted molar refractivity (Wildman–Crippen MR) is 83.5 cm³/mol. The highest BCUT2D eigenvalue weighted by atomic mass is 32.1. The fraction of sp³-hybridized carbons (Fsp3) is 0.294. The highest BCUT2D eigenvalue weighted by molar-refractivity contribution is 7.17. The number of hydrogen-bond donors (Lipinski definition) is 0. The van der Waals surface area contributed by atoms with Crippen LogP contribution in [0.4, 0.5) is 0 Å². The van der Waals surface area contributed by atoms with Gasteiger partial charge in [-0.2, -0.15) is 0 Å². The molecular formula is C17H14O5S. The van der Waals surface area contributed by atoms with E-state index in [-0.39, 0.29) is 6.10 Å². The molecule has 1 aromatic carbocycles. The van der Waals surface area contributed by atoms with E-state index in [4.69, 9.17) is 14.2 Å². The van der Waals surface area contributed by atoms with E-state index in [1.165, 1.54) is 11.3 Å². The van der Waals surface area contributed by atoms with Crippen LogP contribution in [0.1, 0.15) is 28.6 Å². The zero-order chi connectivity index (χ0) is 16.0. The molecule has 2 aliphatic heterocycles. The number of fused-ring (bicyclic) bond motifs is 3. The Morgan fingerprint density at radius 3 is 2.96 bits per heavy atom. The molecule has 0 saturated carbocycles. The maximum atomic E-state index is 12.3. The minimum Gasteiger partial charge on any atom is -0.488 e. The molecule has 0 aliphatic carbocycles. The van der Waals surface area contributed by atoms with Crippen LogP contribution in [-0.4, -0.2) is 24.1 Å². The lowest BCUT2D eigenvalue weighted by atomic mass is 10.1. The van der Waals surface area contributed by atoms with Crippen LogP contribution in [0.2, 0.25) is 0 Å². The Bertz CT molecular complexity index is 794. The number of benzene rings is 1. The Hall–Kier alpha value is -2.34. The van der Waals surface area contributed by atoms with E-state index in [0.29, 0.717) is 17.9 Å². The molecule has 2 unspecified atom stereocenters. The van der Waals surface area contributed by atoms with Crippen molar-refractivity contribution in [2.45, 2.75) is 32.2 Å². The van der Waals surface area contributed by atoms with Gasteiger partial charge in [-0.3, -0.25) is 0 Å². The van der Waals surface area contributed by atoms with Crippen LogP contribution in [0.25, 0.3) is 10.4 Å². The first-order chi connectivity index (χ1) is 11.1. The molecule has 118 valence electrons. The Labute approximate surface area is 136 Å². The molecule has 1 fully saturated rings. The first-order valence-electron chi connectivity index (χ1n) is 7.38. The number of cyclic esters (lactones) is 1. The number of carbonyl (C=O) groups excluding carboxylic acids is 2. The summed E-state index contributed by atoms with van der Waals surface area (Å²) < 4.78 is 16.0. The second-order valence-corrected chi connectivity index (χ2v) is 6.68. The van der Waals surface area contributed by atoms with E-state index in [1.807, 2.05) is 24.3 Å². The molecule has 0 radical (unpaired) electrons. The predicted octanol–water partition coefficient (Wildman–Crippen LogP) is 3.17. The van der Waals surface area contributed by atoms with Crippen molar-refractivity contribution in [3.8, 4) is 16.2 Å². The van der Waals surface area contributed by atoms with Crippen LogP contribution in [0.5, 0.6) is 5.75 Å². The quantitative estimate of drug-likeness (QED) is 0.792. The zero-order valence-corrected chi connectivity index (χ0v) is 13.2. The maximum Gasteiger partial charge on any atom is 0.349 e. The van der Waals surface area contributed by atoms with Crippen molar-refractivity contribution in [1.29, 1.82) is 0 Å². The Balaban J connectivity index is 1.59. The number of carbonyl (C=O) groups is 2. The lowest BCUT2D eigenvalue weighted by Gasteiger charge is -2.16. The number of rotatable bonds is 2. The molecule has 6 heteroatoms. The van der Waals surface area contributed by atoms with Gasteiger partial charge in [0.25, 0.3) is 0 Å². The summed E-state index contributed by atoms with van der Waals surface area (Å²) >= 11 is 1.36. The van der Waals surface area contributed by atoms with Crippen molar-refractivity contribution >= 4 is 23.3 Å². The third-order valence-electron chi connectivity index (χ3n) is 3.90. The minimum absolute atomic E-state index is 0.211. The molecule has 4 rings (SSSR count). The summed E-state index contributed by atoms with van der Waals surface area (Å²) in [6.07, 6.45) is -0.612. The lowest BCUT2D eigenvalue weighted by Crippen LogP contribution is -2.22. The summed E-state index contributed by atoms with van der Waals surface area (Å²) in [4.78, 5) is 25.4. The lowest BCUT2D eigenvalue weighted by molar-refractivity contribution is -0.147. The molecule has 23 heavy (non-hydrogen) atoms. The van der Waals surface area contributed by atoms with Crippen LogP contribution < -0.4 is 4.74 Å². The third kappa shape index (κ3) is 2.49. The molecular weight excluding hydrogens is 316 g/mol. The minimum atomic E-state index is -0.805. The molecule has 0 spiro atoms. The van der Waals surface area contributed by atoms with Crippen molar-refractivity contribution in [2.24, 2.45) is 0 Å². The largest absolute Gasteiger partial charge is 0.488 e. The third-order valence-corrected chi connectivity index (χ3v) is 5.09. The fourth-order valence-corrected chi connectivity index (χ4v) is 3.88. The summed E-state index contributed by atoms with van der Waals surface area (Å²) in [5, 5.41) is 0. The molecule has 1 saturated heterocycles. The van der Waals surface area contributed by atoms with Gasteiger partial charge in [0.1, 0.15) is 23.3 Å². The summed E-state index contributed by atoms with van der Waals surface area (Å²) in [6.45, 7) is 2.21. The Kier molecular flexibility index (Phi) is 3.34. The van der Waals surface area contributed by atoms with Gasteiger partial charge in [-0.15, -0.1) is 11.3 Å². The molecule has 3 heterocycles. The van der Waals surface area contributed by atoms with Crippen molar-refractivity contribution in [3.05, 3.63) is 40.8 Å². The standard InChI is InChI=1S/C17H14O5S/c1-9-6-13(16(18)21-9)22-17(19)14-7-10-8-20-12-5-3-2-4-11(12)15(10)23-14/h2-5,7,9,13H,6,8H2,1H3. The van der Waals surface area contributed by atoms with Crippen LogP contribution >= 0.6 is 11.3 Å². The van der Waals surface area contributed by atoms with Gasteiger partial charge in [-0.05, 0) is 25.1 Å². The normalized spacial score (nSPS) is 21.9. The van der Waals surface area contributed by atoms with Crippen molar-refractivity contribution in [3.63, 3.8) is 0 Å². The first kappa shape index (κ1) is 14.3. The molecule has 1 aromatic heterocycles. The van der Waals surface area contributed by atoms with Gasteiger partial charge in [0, 0.05) is 22.4 Å². The van der Waals surface area contributed by atoms with Gasteiger partial charge < -0.3 is 14.2 Å². The number of ether oxygens (including phenoxy) is 3. The van der Waals surface area contributed by atoms with Gasteiger partial charge >= 0.3 is 11.9 Å². The van der Waals surface area contributed by atoms with Gasteiger partial charge in [0.2, 0.25) is 6.10 Å². The second kappa shape index (κ2) is 5.38. The van der Waals surface area contributed by atoms with Crippen LogP contribution in [0.15, 0.2) is 30.3 Å². The molecule has 0 amide bonds. The summed E-state index contributed by atoms with van der Waals surface area (Å²) in [5.41, 5.74) is 1.94. The van der Waals surface area contributed by atoms with E-state index >= 15 is 0 Å². The Morgan fingerprint density at radius 1 is 1.35 bits per heavy atom. The van der Waals surface area contributed by atoms with Crippen molar-refractivity contribution in [2.75, 3.05) is 0 Å². The number of esters is 2. The highest BCUT2D eigenvalue weighted by Crippen LogP contribution is 2.42. The molecule has 2 atom stereocenters. The van der Waals surface area contributed by atoms with E-state index in [9.17, 15) is 9.59 Å². The van der Waals surface area contributed by atoms with E-state index in [0.717, 1.165) is 21.8 Å². The number of para-hydroxylation sites is 1. The molecule has 5 nitrogen and oxygen atoms in total. The maximum absolute atomic E-state index is 12.3. The van der Waals surface area contributed by atoms with Gasteiger partial charge in [0.15, 0.2) is 0 Å². The van der Waals surface area contributed by atoms with Crippen molar-refractivity contribution in [1.82, 2.24) is 0 Å². The first-order valence-corrected chi connectivity index (χ1v) is 8.20. The summed E-state index contributed by atoms with van der Waals surface area (Å²) in [6, 6.07) is 9.51. The molecule has 0 N–H and O–H groups in total. The smallest absolute Gasteiger partial charge is 0.349 e. The monoisotopic (exact) mass is 330 g/mol. The fourth-order valence-electron chi connectivity index (χ4n) is 2.80. The molecule has 0 bridgehead atoms. The highest BCUT2D eigenvalue weighted by Gasteiger charge is 2.36. The molecule has 2 aliphatic rings. The van der Waals surface area contributed by atoms with Gasteiger partial charge in [-0.25, -0.2) is 9.59 Å². The Morgan fingerprint density at radius 2 is 2.17 bits per heavy atom. The van der Waals surface area contributed by atoms with Gasteiger partial charge in [0.05, 0.1) is 0 Å².